The van der Waals surface area contributed by atoms with Gasteiger partial charge in [0, 0.05) is 29.1 Å². The molecule has 2 N–H and O–H groups in total. The molecular weight excluding hydrogens is 672 g/mol. The molecule has 0 unspecified atom stereocenters. The smallest absolute Gasteiger partial charge is 0.264 e. The number of nitrogens with one attached hydrogen (secondary N) is 1. The molecular formula is C36H47ClN2O5S3. The molecule has 2 bridgehead atoms. The van der Waals surface area contributed by atoms with Gasteiger partial charge in [0.25, 0.3) is 5.91 Å². The predicted molar refractivity (Wildman–Crippen MR) is 194 cm³/mol. The van der Waals surface area contributed by atoms with Crippen LogP contribution in [0.2, 0.25) is 5.02 Å². The molecule has 3 aliphatic heterocycles. The van der Waals surface area contributed by atoms with Crippen molar-refractivity contribution < 1.29 is 23.1 Å². The van der Waals surface area contributed by atoms with Gasteiger partial charge in [-0.25, -0.2) is 13.1 Å². The number of anilines is 1. The van der Waals surface area contributed by atoms with E-state index in [4.69, 9.17) is 16.3 Å². The van der Waals surface area contributed by atoms with Gasteiger partial charge in [0.15, 0.2) is 0 Å². The van der Waals surface area contributed by atoms with E-state index in [0.717, 1.165) is 73.7 Å². The number of fused-ring (bicyclic) bond motifs is 4. The van der Waals surface area contributed by atoms with E-state index < -0.39 is 26.8 Å². The van der Waals surface area contributed by atoms with Crippen LogP contribution in [0.5, 0.6) is 5.75 Å². The van der Waals surface area contributed by atoms with Crippen molar-refractivity contribution in [2.45, 2.75) is 92.5 Å². The zero-order valence-corrected chi connectivity index (χ0v) is 30.6. The van der Waals surface area contributed by atoms with Crippen molar-refractivity contribution in [1.29, 1.82) is 0 Å². The summed E-state index contributed by atoms with van der Waals surface area (Å²) in [6.45, 7) is 5.59. The third-order valence-corrected chi connectivity index (χ3v) is 17.2. The molecule has 256 valence electrons. The van der Waals surface area contributed by atoms with Crippen LogP contribution in [0.25, 0.3) is 0 Å². The van der Waals surface area contributed by atoms with E-state index in [9.17, 15) is 18.3 Å². The van der Waals surface area contributed by atoms with Crippen LogP contribution in [-0.4, -0.2) is 66.1 Å². The van der Waals surface area contributed by atoms with Gasteiger partial charge in [0.05, 0.1) is 27.7 Å². The predicted octanol–water partition coefficient (Wildman–Crippen LogP) is 7.03. The summed E-state index contributed by atoms with van der Waals surface area (Å²) in [6, 6.07) is 11.6. The quantitative estimate of drug-likeness (QED) is 0.325. The number of thioether (sulfide) groups is 2. The van der Waals surface area contributed by atoms with Gasteiger partial charge in [0.2, 0.25) is 10.0 Å². The Bertz CT molecular complexity index is 1620. The zero-order valence-electron chi connectivity index (χ0n) is 27.4. The second-order valence-corrected chi connectivity index (χ2v) is 19.9. The van der Waals surface area contributed by atoms with Gasteiger partial charge in [-0.05, 0) is 129 Å². The molecule has 0 aromatic heterocycles. The van der Waals surface area contributed by atoms with Crippen LogP contribution in [0.3, 0.4) is 0 Å². The van der Waals surface area contributed by atoms with Crippen LogP contribution in [0, 0.1) is 17.8 Å². The number of halogens is 1. The lowest BCUT2D eigenvalue weighted by Gasteiger charge is -2.53. The molecule has 2 fully saturated rings. The van der Waals surface area contributed by atoms with Crippen molar-refractivity contribution in [2.24, 2.45) is 17.8 Å². The maximum atomic E-state index is 13.5. The summed E-state index contributed by atoms with van der Waals surface area (Å²) in [5, 5.41) is 12.7. The Morgan fingerprint density at radius 3 is 2.60 bits per heavy atom. The lowest BCUT2D eigenvalue weighted by molar-refractivity contribution is -0.0765. The summed E-state index contributed by atoms with van der Waals surface area (Å²) < 4.78 is 36.0. The van der Waals surface area contributed by atoms with Gasteiger partial charge in [-0.3, -0.25) is 4.79 Å². The maximum Gasteiger partial charge on any atom is 0.264 e. The highest BCUT2D eigenvalue weighted by Gasteiger charge is 2.52. The Labute approximate surface area is 293 Å². The fourth-order valence-electron chi connectivity index (χ4n) is 8.77. The van der Waals surface area contributed by atoms with E-state index in [2.05, 4.69) is 21.8 Å². The first-order chi connectivity index (χ1) is 22.5. The number of carbonyl (C=O) groups is 1. The molecule has 2 aliphatic carbocycles. The summed E-state index contributed by atoms with van der Waals surface area (Å²) in [4.78, 5) is 15.9. The summed E-state index contributed by atoms with van der Waals surface area (Å²) in [5.74, 6) is 2.50. The second-order valence-electron chi connectivity index (χ2n) is 14.7. The number of benzene rings is 2. The van der Waals surface area contributed by atoms with Gasteiger partial charge in [-0.2, -0.15) is 0 Å². The number of ether oxygens (including phenoxy) is 1. The third-order valence-electron chi connectivity index (χ3n) is 11.8. The Balaban J connectivity index is 1.31. The van der Waals surface area contributed by atoms with Crippen LogP contribution in [-0.2, 0) is 21.9 Å². The van der Waals surface area contributed by atoms with Crippen molar-refractivity contribution in [3.63, 3.8) is 0 Å². The molecule has 1 saturated carbocycles. The SMILES string of the molecule is C[C@@H]1[C@@H](C)CCC[C@@](O)(C2SCCCS2)[C@@H]2CC[C@H]2CN2C[C@@]3(CCCc4cc(Cl)ccc43)COc3ccc(cc32)C(=O)NS1(=O)=O. The number of aliphatic hydroxyl groups is 1. The summed E-state index contributed by atoms with van der Waals surface area (Å²) in [7, 11) is -3.92. The first-order valence-corrected chi connectivity index (χ1v) is 21.3. The minimum Gasteiger partial charge on any atom is -0.490 e. The molecule has 47 heavy (non-hydrogen) atoms. The average Bonchev–Trinajstić information content (AvgIpc) is 3.19. The van der Waals surface area contributed by atoms with Crippen LogP contribution in [0.15, 0.2) is 36.4 Å². The summed E-state index contributed by atoms with van der Waals surface area (Å²) in [5.41, 5.74) is 2.57. The second kappa shape index (κ2) is 13.3. The number of rotatable bonds is 1. The highest BCUT2D eigenvalue weighted by atomic mass is 35.5. The highest BCUT2D eigenvalue weighted by Crippen LogP contribution is 2.54. The van der Waals surface area contributed by atoms with Crippen molar-refractivity contribution in [2.75, 3.05) is 36.1 Å². The minimum atomic E-state index is -3.92. The number of aryl methyl sites for hydroxylation is 1. The number of amides is 1. The van der Waals surface area contributed by atoms with E-state index in [0.29, 0.717) is 43.2 Å². The van der Waals surface area contributed by atoms with Crippen molar-refractivity contribution in [1.82, 2.24) is 4.72 Å². The molecule has 1 spiro atoms. The first-order valence-electron chi connectivity index (χ1n) is 17.3. The molecule has 7 rings (SSSR count). The molecule has 3 heterocycles. The van der Waals surface area contributed by atoms with E-state index in [1.54, 1.807) is 13.0 Å². The van der Waals surface area contributed by atoms with Crippen LogP contribution >= 0.6 is 35.1 Å². The van der Waals surface area contributed by atoms with Gasteiger partial charge >= 0.3 is 0 Å². The van der Waals surface area contributed by atoms with Gasteiger partial charge < -0.3 is 14.7 Å². The number of hydrogen-bond donors (Lipinski definition) is 2. The summed E-state index contributed by atoms with van der Waals surface area (Å²) >= 11 is 10.3. The van der Waals surface area contributed by atoms with Crippen molar-refractivity contribution >= 4 is 56.7 Å². The van der Waals surface area contributed by atoms with Crippen LogP contribution < -0.4 is 14.4 Å². The summed E-state index contributed by atoms with van der Waals surface area (Å²) in [6.07, 6.45) is 8.26. The lowest BCUT2D eigenvalue weighted by Crippen LogP contribution is -2.56. The Hall–Kier alpha value is -1.59. The molecule has 11 heteroatoms. The monoisotopic (exact) mass is 718 g/mol. The van der Waals surface area contributed by atoms with Crippen molar-refractivity contribution in [3.8, 4) is 5.75 Å². The molecule has 6 atom stereocenters. The molecule has 1 amide bonds. The Morgan fingerprint density at radius 1 is 1.02 bits per heavy atom. The first kappa shape index (κ1) is 33.9. The number of carbonyl (C=O) groups excluding carboxylic acids is 1. The van der Waals surface area contributed by atoms with E-state index in [1.165, 1.54) is 11.1 Å². The minimum absolute atomic E-state index is 0.117. The molecule has 5 aliphatic rings. The van der Waals surface area contributed by atoms with Gasteiger partial charge in [-0.1, -0.05) is 31.0 Å². The van der Waals surface area contributed by atoms with Crippen LogP contribution in [0.1, 0.15) is 86.7 Å². The Kier molecular flexibility index (Phi) is 9.57. The zero-order chi connectivity index (χ0) is 33.0. The van der Waals surface area contributed by atoms with Gasteiger partial charge in [0.1, 0.15) is 5.75 Å². The van der Waals surface area contributed by atoms with Crippen molar-refractivity contribution in [3.05, 3.63) is 58.1 Å². The van der Waals surface area contributed by atoms with Crippen LogP contribution in [0.4, 0.5) is 5.69 Å². The van der Waals surface area contributed by atoms with E-state index >= 15 is 0 Å². The fourth-order valence-corrected chi connectivity index (χ4v) is 13.6. The molecule has 7 nitrogen and oxygen atoms in total. The normalized spacial score (nSPS) is 34.6. The molecule has 1 saturated heterocycles. The number of sulfonamides is 1. The number of hydrogen-bond acceptors (Lipinski definition) is 8. The highest BCUT2D eigenvalue weighted by molar-refractivity contribution is 8.17. The maximum absolute atomic E-state index is 13.5. The fraction of sp³-hybridized carbons (Fsp3) is 0.639. The number of nitrogens with zero attached hydrogens (tertiary/aromatic N) is 1. The standard InChI is InChI=1S/C36H47ClN2O5S3/c1-23-6-3-15-36(41,34-45-16-5-17-46-34)30-11-8-27(30)20-39-21-35(14-4-7-25-18-28(37)10-12-29(25)35)22-44-32-13-9-26(19-31(32)39)33(40)38-47(42,43)24(23)2/h9-10,12-13,18-19,23-24,27,30,34,41H,3-8,11,14-17,20-22H2,1-2H3,(H,38,40)/t23-,24+,27-,30+,35-,36-/m0/s1. The van der Waals surface area contributed by atoms with Gasteiger partial charge in [-0.15, -0.1) is 23.5 Å². The largest absolute Gasteiger partial charge is 0.490 e. The Morgan fingerprint density at radius 2 is 1.83 bits per heavy atom. The van der Waals surface area contributed by atoms with E-state index in [-0.39, 0.29) is 21.8 Å². The average molecular weight is 719 g/mol. The molecule has 2 aromatic carbocycles. The topological polar surface area (TPSA) is 95.9 Å². The van der Waals surface area contributed by atoms with E-state index in [1.807, 2.05) is 48.6 Å². The molecule has 0 radical (unpaired) electrons. The lowest BCUT2D eigenvalue weighted by atomic mass is 9.63. The third kappa shape index (κ3) is 6.44. The molecule has 2 aromatic rings.